The molecule has 0 saturated heterocycles. The Hall–Kier alpha value is -3.15. The Labute approximate surface area is 164 Å². The van der Waals surface area contributed by atoms with Crippen molar-refractivity contribution < 1.29 is 19.0 Å². The molecule has 2 aliphatic rings. The highest BCUT2D eigenvalue weighted by atomic mass is 16.7. The van der Waals surface area contributed by atoms with Crippen LogP contribution in [-0.2, 0) is 0 Å². The zero-order valence-corrected chi connectivity index (χ0v) is 16.3. The predicted molar refractivity (Wildman–Crippen MR) is 108 cm³/mol. The van der Waals surface area contributed by atoms with Crippen molar-refractivity contribution in [3.8, 4) is 17.2 Å². The normalized spacial score (nSPS) is 17.1. The fourth-order valence-corrected chi connectivity index (χ4v) is 3.44. The van der Waals surface area contributed by atoms with Crippen LogP contribution < -0.4 is 19.5 Å². The van der Waals surface area contributed by atoms with E-state index >= 15 is 0 Å². The minimum absolute atomic E-state index is 0.126. The molecule has 6 nitrogen and oxygen atoms in total. The number of carbonyl (C=O) groups is 1. The zero-order valence-electron chi connectivity index (χ0n) is 16.3. The van der Waals surface area contributed by atoms with Crippen molar-refractivity contribution in [2.45, 2.75) is 26.1 Å². The largest absolute Gasteiger partial charge is 0.497 e. The molecule has 4 rings (SSSR count). The van der Waals surface area contributed by atoms with Gasteiger partial charge in [0.25, 0.3) is 0 Å². The van der Waals surface area contributed by atoms with Gasteiger partial charge in [-0.25, -0.2) is 4.79 Å². The second-order valence-corrected chi connectivity index (χ2v) is 7.35. The number of rotatable bonds is 3. The molecule has 0 aromatic heterocycles. The van der Waals surface area contributed by atoms with Crippen LogP contribution >= 0.6 is 0 Å². The molecule has 28 heavy (non-hydrogen) atoms. The molecule has 0 spiro atoms. The monoisotopic (exact) mass is 380 g/mol. The Morgan fingerprint density at radius 3 is 2.71 bits per heavy atom. The molecule has 1 N–H and O–H groups in total. The Balaban J connectivity index is 1.40. The number of amides is 2. The van der Waals surface area contributed by atoms with E-state index in [1.807, 2.05) is 44.2 Å². The number of methoxy groups -OCH3 is 1. The summed E-state index contributed by atoms with van der Waals surface area (Å²) in [4.78, 5) is 14.4. The first-order valence-electron chi connectivity index (χ1n) is 9.35. The van der Waals surface area contributed by atoms with Gasteiger partial charge in [-0.2, -0.15) is 0 Å². The van der Waals surface area contributed by atoms with Crippen LogP contribution in [0, 0.1) is 0 Å². The van der Waals surface area contributed by atoms with E-state index in [-0.39, 0.29) is 6.03 Å². The molecule has 2 heterocycles. The van der Waals surface area contributed by atoms with Gasteiger partial charge in [0, 0.05) is 38.7 Å². The highest BCUT2D eigenvalue weighted by Crippen LogP contribution is 2.40. The average Bonchev–Trinajstić information content (AvgIpc) is 3.01. The molecule has 0 bridgehead atoms. The molecule has 2 aromatic carbocycles. The number of nitrogens with one attached hydrogen (secondary N) is 1. The van der Waals surface area contributed by atoms with Gasteiger partial charge in [0.2, 0.25) is 5.79 Å². The van der Waals surface area contributed by atoms with Gasteiger partial charge < -0.3 is 24.4 Å². The summed E-state index contributed by atoms with van der Waals surface area (Å²) in [5.41, 5.74) is 3.05. The molecule has 146 valence electrons. The fraction of sp³-hybridized carbons (Fsp3) is 0.318. The molecule has 6 heteroatoms. The number of fused-ring (bicyclic) bond motifs is 1. The lowest BCUT2D eigenvalue weighted by atomic mass is 9.99. The second kappa shape index (κ2) is 7.11. The van der Waals surface area contributed by atoms with Crippen LogP contribution in [0.4, 0.5) is 10.5 Å². The van der Waals surface area contributed by atoms with Gasteiger partial charge in [-0.15, -0.1) is 0 Å². The summed E-state index contributed by atoms with van der Waals surface area (Å²) in [6.45, 7) is 4.93. The first-order chi connectivity index (χ1) is 13.4. The van der Waals surface area contributed by atoms with E-state index in [1.165, 1.54) is 5.57 Å². The van der Waals surface area contributed by atoms with Gasteiger partial charge in [0.1, 0.15) is 5.75 Å². The van der Waals surface area contributed by atoms with Gasteiger partial charge in [0.15, 0.2) is 11.5 Å². The van der Waals surface area contributed by atoms with E-state index < -0.39 is 5.79 Å². The maximum absolute atomic E-state index is 12.6. The van der Waals surface area contributed by atoms with E-state index in [0.717, 1.165) is 17.7 Å². The third kappa shape index (κ3) is 3.76. The SMILES string of the molecule is COc1cccc(C2=CCN(C(=O)Nc3ccc4c(c3)OC(C)(C)O4)CC2)c1. The van der Waals surface area contributed by atoms with Crippen LogP contribution in [0.1, 0.15) is 25.8 Å². The van der Waals surface area contributed by atoms with Crippen LogP contribution in [-0.4, -0.2) is 36.9 Å². The molecule has 0 aliphatic carbocycles. The second-order valence-electron chi connectivity index (χ2n) is 7.35. The highest BCUT2D eigenvalue weighted by molar-refractivity contribution is 5.90. The summed E-state index contributed by atoms with van der Waals surface area (Å²) in [5, 5.41) is 2.94. The smallest absolute Gasteiger partial charge is 0.322 e. The molecule has 0 atom stereocenters. The lowest BCUT2D eigenvalue weighted by Crippen LogP contribution is -2.37. The first-order valence-corrected chi connectivity index (χ1v) is 9.35. The van der Waals surface area contributed by atoms with Gasteiger partial charge in [-0.1, -0.05) is 18.2 Å². The number of ether oxygens (including phenoxy) is 3. The molecular weight excluding hydrogens is 356 g/mol. The Morgan fingerprint density at radius 1 is 1.14 bits per heavy atom. The summed E-state index contributed by atoms with van der Waals surface area (Å²) in [5.74, 6) is 1.48. The number of benzene rings is 2. The van der Waals surface area contributed by atoms with Crippen molar-refractivity contribution in [1.29, 1.82) is 0 Å². The summed E-state index contributed by atoms with van der Waals surface area (Å²) < 4.78 is 16.7. The molecular formula is C22H24N2O4. The summed E-state index contributed by atoms with van der Waals surface area (Å²) >= 11 is 0. The average molecular weight is 380 g/mol. The number of hydrogen-bond acceptors (Lipinski definition) is 4. The van der Waals surface area contributed by atoms with Crippen LogP contribution in [0.15, 0.2) is 48.5 Å². The van der Waals surface area contributed by atoms with Crippen molar-refractivity contribution in [3.05, 3.63) is 54.1 Å². The Bertz CT molecular complexity index is 936. The number of nitrogens with zero attached hydrogens (tertiary/aromatic N) is 1. The number of urea groups is 1. The predicted octanol–water partition coefficient (Wildman–Crippen LogP) is 4.52. The Kier molecular flexibility index (Phi) is 4.63. The van der Waals surface area contributed by atoms with Crippen LogP contribution in [0.5, 0.6) is 17.2 Å². The van der Waals surface area contributed by atoms with E-state index in [1.54, 1.807) is 18.1 Å². The minimum Gasteiger partial charge on any atom is -0.497 e. The van der Waals surface area contributed by atoms with Crippen molar-refractivity contribution >= 4 is 17.3 Å². The Morgan fingerprint density at radius 2 is 1.96 bits per heavy atom. The minimum atomic E-state index is -0.681. The van der Waals surface area contributed by atoms with Crippen molar-refractivity contribution in [2.75, 3.05) is 25.5 Å². The van der Waals surface area contributed by atoms with Crippen LogP contribution in [0.2, 0.25) is 0 Å². The zero-order chi connectivity index (χ0) is 19.7. The van der Waals surface area contributed by atoms with E-state index in [2.05, 4.69) is 17.5 Å². The highest BCUT2D eigenvalue weighted by Gasteiger charge is 2.31. The summed E-state index contributed by atoms with van der Waals surface area (Å²) in [6, 6.07) is 13.3. The van der Waals surface area contributed by atoms with Gasteiger partial charge in [-0.3, -0.25) is 0 Å². The third-order valence-corrected chi connectivity index (χ3v) is 4.84. The van der Waals surface area contributed by atoms with E-state index in [0.29, 0.717) is 30.3 Å². The molecule has 0 radical (unpaired) electrons. The van der Waals surface area contributed by atoms with Gasteiger partial charge in [0.05, 0.1) is 7.11 Å². The molecule has 2 amide bonds. The summed E-state index contributed by atoms with van der Waals surface area (Å²) in [6.07, 6.45) is 2.90. The quantitative estimate of drug-likeness (QED) is 0.850. The molecule has 2 aromatic rings. The lowest BCUT2D eigenvalue weighted by molar-refractivity contribution is -0.0431. The van der Waals surface area contributed by atoms with Gasteiger partial charge >= 0.3 is 6.03 Å². The molecule has 0 saturated carbocycles. The fourth-order valence-electron chi connectivity index (χ4n) is 3.44. The van der Waals surface area contributed by atoms with Crippen LogP contribution in [0.25, 0.3) is 5.57 Å². The maximum Gasteiger partial charge on any atom is 0.322 e. The topological polar surface area (TPSA) is 60.0 Å². The standard InChI is InChI=1S/C22H24N2O4/c1-22(2)27-19-8-7-17(14-20(19)28-22)23-21(25)24-11-9-15(10-12-24)16-5-4-6-18(13-16)26-3/h4-9,13-14H,10-12H2,1-3H3,(H,23,25). The number of carbonyl (C=O) groups excluding carboxylic acids is 1. The van der Waals surface area contributed by atoms with Crippen molar-refractivity contribution in [3.63, 3.8) is 0 Å². The number of anilines is 1. The third-order valence-electron chi connectivity index (χ3n) is 4.84. The van der Waals surface area contributed by atoms with Crippen molar-refractivity contribution in [2.24, 2.45) is 0 Å². The molecule has 2 aliphatic heterocycles. The number of hydrogen-bond donors (Lipinski definition) is 1. The molecule has 0 unspecified atom stereocenters. The van der Waals surface area contributed by atoms with E-state index in [4.69, 9.17) is 14.2 Å². The molecule has 0 fully saturated rings. The lowest BCUT2D eigenvalue weighted by Gasteiger charge is -2.27. The maximum atomic E-state index is 12.6. The van der Waals surface area contributed by atoms with Gasteiger partial charge in [-0.05, 0) is 41.8 Å². The summed E-state index contributed by atoms with van der Waals surface area (Å²) in [7, 11) is 1.66. The first kappa shape index (κ1) is 18.2. The van der Waals surface area contributed by atoms with Crippen LogP contribution in [0.3, 0.4) is 0 Å². The van der Waals surface area contributed by atoms with Crippen molar-refractivity contribution in [1.82, 2.24) is 4.90 Å². The van der Waals surface area contributed by atoms with E-state index in [9.17, 15) is 4.79 Å².